The number of hydrogen-bond acceptors (Lipinski definition) is 4. The van der Waals surface area contributed by atoms with Gasteiger partial charge in [0.15, 0.2) is 0 Å². The average molecular weight is 336 g/mol. The molecule has 6 heteroatoms. The Labute approximate surface area is 138 Å². The zero-order chi connectivity index (χ0) is 15.9. The van der Waals surface area contributed by atoms with E-state index in [1.807, 2.05) is 23.9 Å². The van der Waals surface area contributed by atoms with Crippen LogP contribution in [0.15, 0.2) is 29.0 Å². The molecule has 0 aliphatic heterocycles. The first-order chi connectivity index (χ1) is 10.6. The van der Waals surface area contributed by atoms with Crippen molar-refractivity contribution in [3.05, 3.63) is 44.3 Å². The van der Waals surface area contributed by atoms with Crippen LogP contribution >= 0.6 is 22.7 Å². The van der Waals surface area contributed by atoms with Crippen molar-refractivity contribution in [3.63, 3.8) is 0 Å². The van der Waals surface area contributed by atoms with E-state index in [2.05, 4.69) is 18.3 Å². The van der Waals surface area contributed by atoms with E-state index < -0.39 is 0 Å². The third-order valence-electron chi connectivity index (χ3n) is 3.37. The highest BCUT2D eigenvalue weighted by atomic mass is 32.1. The van der Waals surface area contributed by atoms with Crippen molar-refractivity contribution in [2.45, 2.75) is 26.3 Å². The Kier molecular flexibility index (Phi) is 6.15. The number of thiophene rings is 2. The molecule has 2 aromatic heterocycles. The van der Waals surface area contributed by atoms with Crippen LogP contribution in [-0.2, 0) is 11.3 Å². The quantitative estimate of drug-likeness (QED) is 0.789. The Morgan fingerprint density at radius 3 is 2.68 bits per heavy atom. The molecule has 118 valence electrons. The number of nitrogens with zero attached hydrogens (tertiary/aromatic N) is 1. The Morgan fingerprint density at radius 1 is 1.23 bits per heavy atom. The zero-order valence-electron chi connectivity index (χ0n) is 12.8. The maximum atomic E-state index is 12.1. The lowest BCUT2D eigenvalue weighted by molar-refractivity contribution is -0.130. The SMILES string of the molecule is Cc1ccsc1CN(C)C(=O)CCCNC(=O)c1cccs1. The van der Waals surface area contributed by atoms with Gasteiger partial charge in [-0.05, 0) is 41.8 Å². The summed E-state index contributed by atoms with van der Waals surface area (Å²) in [4.78, 5) is 27.5. The number of rotatable bonds is 7. The molecule has 2 heterocycles. The fourth-order valence-electron chi connectivity index (χ4n) is 2.00. The summed E-state index contributed by atoms with van der Waals surface area (Å²) in [7, 11) is 1.83. The van der Waals surface area contributed by atoms with Gasteiger partial charge < -0.3 is 10.2 Å². The molecule has 0 aliphatic rings. The van der Waals surface area contributed by atoms with Gasteiger partial charge >= 0.3 is 0 Å². The molecule has 0 spiro atoms. The highest BCUT2D eigenvalue weighted by molar-refractivity contribution is 7.12. The molecule has 2 amide bonds. The van der Waals surface area contributed by atoms with Crippen LogP contribution in [0.4, 0.5) is 0 Å². The molecule has 0 aliphatic carbocycles. The lowest BCUT2D eigenvalue weighted by atomic mass is 10.2. The van der Waals surface area contributed by atoms with Gasteiger partial charge in [-0.1, -0.05) is 6.07 Å². The van der Waals surface area contributed by atoms with Crippen LogP contribution in [0.5, 0.6) is 0 Å². The molecule has 0 aromatic carbocycles. The van der Waals surface area contributed by atoms with E-state index in [0.717, 1.165) is 0 Å². The Bertz CT molecular complexity index is 620. The lowest BCUT2D eigenvalue weighted by Gasteiger charge is -2.17. The first kappa shape index (κ1) is 16.7. The van der Waals surface area contributed by atoms with E-state index in [4.69, 9.17) is 0 Å². The van der Waals surface area contributed by atoms with Gasteiger partial charge in [-0.2, -0.15) is 0 Å². The normalized spacial score (nSPS) is 10.5. The largest absolute Gasteiger partial charge is 0.351 e. The van der Waals surface area contributed by atoms with Crippen LogP contribution in [0.3, 0.4) is 0 Å². The summed E-state index contributed by atoms with van der Waals surface area (Å²) in [5.41, 5.74) is 1.23. The van der Waals surface area contributed by atoms with Crippen molar-refractivity contribution in [1.29, 1.82) is 0 Å². The molecule has 0 saturated carbocycles. The lowest BCUT2D eigenvalue weighted by Crippen LogP contribution is -2.28. The molecule has 4 nitrogen and oxygen atoms in total. The van der Waals surface area contributed by atoms with Crippen molar-refractivity contribution in [1.82, 2.24) is 10.2 Å². The maximum Gasteiger partial charge on any atom is 0.261 e. The second kappa shape index (κ2) is 8.10. The second-order valence-corrected chi connectivity index (χ2v) is 7.06. The minimum atomic E-state index is -0.0648. The van der Waals surface area contributed by atoms with Gasteiger partial charge in [-0.3, -0.25) is 9.59 Å². The van der Waals surface area contributed by atoms with Crippen LogP contribution in [0.2, 0.25) is 0 Å². The van der Waals surface area contributed by atoms with Gasteiger partial charge in [0.05, 0.1) is 11.4 Å². The highest BCUT2D eigenvalue weighted by Gasteiger charge is 2.11. The Morgan fingerprint density at radius 2 is 2.05 bits per heavy atom. The third kappa shape index (κ3) is 4.68. The van der Waals surface area contributed by atoms with Crippen molar-refractivity contribution >= 4 is 34.5 Å². The minimum Gasteiger partial charge on any atom is -0.351 e. The van der Waals surface area contributed by atoms with Crippen molar-refractivity contribution in [2.75, 3.05) is 13.6 Å². The van der Waals surface area contributed by atoms with Gasteiger partial charge in [-0.25, -0.2) is 0 Å². The molecule has 0 bridgehead atoms. The standard InChI is InChI=1S/C16H20N2O2S2/c1-12-7-10-22-14(12)11-18(2)15(19)6-3-8-17-16(20)13-5-4-9-21-13/h4-5,7,9-10H,3,6,8,11H2,1-2H3,(H,17,20). The monoisotopic (exact) mass is 336 g/mol. The molecular formula is C16H20N2O2S2. The summed E-state index contributed by atoms with van der Waals surface area (Å²) in [6, 6.07) is 5.71. The summed E-state index contributed by atoms with van der Waals surface area (Å²) in [6.07, 6.45) is 1.11. The fourth-order valence-corrected chi connectivity index (χ4v) is 3.60. The topological polar surface area (TPSA) is 49.4 Å². The van der Waals surface area contributed by atoms with E-state index in [1.165, 1.54) is 21.8 Å². The smallest absolute Gasteiger partial charge is 0.261 e. The number of amides is 2. The molecular weight excluding hydrogens is 316 g/mol. The minimum absolute atomic E-state index is 0.0648. The van der Waals surface area contributed by atoms with Crippen LogP contribution < -0.4 is 5.32 Å². The maximum absolute atomic E-state index is 12.1. The van der Waals surface area contributed by atoms with Crippen molar-refractivity contribution < 1.29 is 9.59 Å². The molecule has 0 radical (unpaired) electrons. The van der Waals surface area contributed by atoms with Crippen molar-refractivity contribution in [3.8, 4) is 0 Å². The number of aryl methyl sites for hydroxylation is 1. The predicted molar refractivity (Wildman–Crippen MR) is 91.4 cm³/mol. The molecule has 0 saturated heterocycles. The molecule has 0 atom stereocenters. The molecule has 2 rings (SSSR count). The number of hydrogen-bond donors (Lipinski definition) is 1. The van der Waals surface area contributed by atoms with E-state index in [1.54, 1.807) is 22.3 Å². The van der Waals surface area contributed by atoms with Gasteiger partial charge in [-0.15, -0.1) is 22.7 Å². The molecule has 0 unspecified atom stereocenters. The van der Waals surface area contributed by atoms with E-state index >= 15 is 0 Å². The highest BCUT2D eigenvalue weighted by Crippen LogP contribution is 2.17. The Hall–Kier alpha value is -1.66. The summed E-state index contributed by atoms with van der Waals surface area (Å²) >= 11 is 3.09. The number of carbonyl (C=O) groups is 2. The van der Waals surface area contributed by atoms with Crippen LogP contribution in [0.25, 0.3) is 0 Å². The first-order valence-electron chi connectivity index (χ1n) is 7.16. The van der Waals surface area contributed by atoms with Crippen LogP contribution in [-0.4, -0.2) is 30.3 Å². The fraction of sp³-hybridized carbons (Fsp3) is 0.375. The zero-order valence-corrected chi connectivity index (χ0v) is 14.4. The summed E-state index contributed by atoms with van der Waals surface area (Å²) in [5, 5.41) is 6.76. The summed E-state index contributed by atoms with van der Waals surface area (Å²) in [6.45, 7) is 3.24. The molecule has 1 N–H and O–H groups in total. The van der Waals surface area contributed by atoms with E-state index in [0.29, 0.717) is 30.8 Å². The Balaban J connectivity index is 1.67. The molecule has 22 heavy (non-hydrogen) atoms. The number of carbonyl (C=O) groups excluding carboxylic acids is 2. The summed E-state index contributed by atoms with van der Waals surface area (Å²) in [5.74, 6) is 0.0446. The molecule has 0 fully saturated rings. The predicted octanol–water partition coefficient (Wildman–Crippen LogP) is 3.29. The number of nitrogens with one attached hydrogen (secondary N) is 1. The van der Waals surface area contributed by atoms with Gasteiger partial charge in [0.2, 0.25) is 5.91 Å². The van der Waals surface area contributed by atoms with Crippen molar-refractivity contribution in [2.24, 2.45) is 0 Å². The van der Waals surface area contributed by atoms with Crippen LogP contribution in [0.1, 0.15) is 33.0 Å². The van der Waals surface area contributed by atoms with Gasteiger partial charge in [0, 0.05) is 24.9 Å². The van der Waals surface area contributed by atoms with Gasteiger partial charge in [0.25, 0.3) is 5.91 Å². The molecule has 2 aromatic rings. The first-order valence-corrected chi connectivity index (χ1v) is 8.92. The van der Waals surface area contributed by atoms with Gasteiger partial charge in [0.1, 0.15) is 0 Å². The third-order valence-corrected chi connectivity index (χ3v) is 5.25. The second-order valence-electron chi connectivity index (χ2n) is 5.11. The summed E-state index contributed by atoms with van der Waals surface area (Å²) < 4.78 is 0. The average Bonchev–Trinajstić information content (AvgIpc) is 3.15. The van der Waals surface area contributed by atoms with E-state index in [9.17, 15) is 9.59 Å². The van der Waals surface area contributed by atoms with E-state index in [-0.39, 0.29) is 11.8 Å². The van der Waals surface area contributed by atoms with Crippen LogP contribution in [0, 0.1) is 6.92 Å².